The summed E-state index contributed by atoms with van der Waals surface area (Å²) in [4.78, 5) is 26.6. The highest BCUT2D eigenvalue weighted by atomic mass is 16.4. The number of rotatable bonds is 9. The number of carboxylic acids is 1. The van der Waals surface area contributed by atoms with Gasteiger partial charge < -0.3 is 10.4 Å². The van der Waals surface area contributed by atoms with Crippen LogP contribution >= 0.6 is 0 Å². The Bertz CT molecular complexity index is 474. The number of hydrogen-bond acceptors (Lipinski definition) is 3. The second kappa shape index (κ2) is 9.10. The number of carbonyl (C=O) groups excluding carboxylic acids is 1. The SMILES string of the molecule is CCC(CCNC(=O)Cc1ncccc1C)CCC(=O)O. The first-order chi connectivity index (χ1) is 10.0. The predicted octanol–water partition coefficient (Wildman–Crippen LogP) is 2.33. The summed E-state index contributed by atoms with van der Waals surface area (Å²) in [6, 6.07) is 3.79. The van der Waals surface area contributed by atoms with E-state index in [0.29, 0.717) is 25.3 Å². The molecule has 0 bridgehead atoms. The van der Waals surface area contributed by atoms with Gasteiger partial charge in [0.05, 0.1) is 12.1 Å². The molecule has 5 nitrogen and oxygen atoms in total. The van der Waals surface area contributed by atoms with E-state index in [4.69, 9.17) is 5.11 Å². The van der Waals surface area contributed by atoms with Gasteiger partial charge in [0.2, 0.25) is 5.91 Å². The molecule has 1 unspecified atom stereocenters. The molecule has 116 valence electrons. The van der Waals surface area contributed by atoms with Crippen LogP contribution in [-0.4, -0.2) is 28.5 Å². The second-order valence-electron chi connectivity index (χ2n) is 5.29. The molecule has 0 radical (unpaired) electrons. The Balaban J connectivity index is 2.29. The first-order valence-corrected chi connectivity index (χ1v) is 7.42. The summed E-state index contributed by atoms with van der Waals surface area (Å²) < 4.78 is 0. The van der Waals surface area contributed by atoms with Gasteiger partial charge >= 0.3 is 5.97 Å². The third kappa shape index (κ3) is 6.88. The van der Waals surface area contributed by atoms with E-state index in [1.54, 1.807) is 6.20 Å². The molecule has 0 saturated carbocycles. The number of hydrogen-bond donors (Lipinski definition) is 2. The third-order valence-corrected chi connectivity index (χ3v) is 3.66. The van der Waals surface area contributed by atoms with Crippen LogP contribution in [0.3, 0.4) is 0 Å². The van der Waals surface area contributed by atoms with E-state index in [-0.39, 0.29) is 12.3 Å². The molecule has 0 aromatic carbocycles. The lowest BCUT2D eigenvalue weighted by Crippen LogP contribution is -2.28. The zero-order chi connectivity index (χ0) is 15.7. The van der Waals surface area contributed by atoms with Crippen LogP contribution in [0.5, 0.6) is 0 Å². The largest absolute Gasteiger partial charge is 0.481 e. The summed E-state index contributed by atoms with van der Waals surface area (Å²) in [5.41, 5.74) is 1.81. The molecule has 0 saturated heterocycles. The number of carboxylic acid groups (broad SMARTS) is 1. The number of carbonyl (C=O) groups is 2. The van der Waals surface area contributed by atoms with Gasteiger partial charge in [0.1, 0.15) is 0 Å². The Morgan fingerprint density at radius 1 is 1.38 bits per heavy atom. The standard InChI is InChI=1S/C16H24N2O3/c1-3-13(6-7-16(20)21)8-10-18-15(19)11-14-12(2)5-4-9-17-14/h4-5,9,13H,3,6-8,10-11H2,1-2H3,(H,18,19)(H,20,21). The molecule has 5 heteroatoms. The fraction of sp³-hybridized carbons (Fsp3) is 0.562. The number of pyridine rings is 1. The monoisotopic (exact) mass is 292 g/mol. The molecule has 1 atom stereocenters. The lowest BCUT2D eigenvalue weighted by Gasteiger charge is -2.14. The third-order valence-electron chi connectivity index (χ3n) is 3.66. The molecule has 1 aromatic heterocycles. The van der Waals surface area contributed by atoms with Crippen LogP contribution in [0, 0.1) is 12.8 Å². The topological polar surface area (TPSA) is 79.3 Å². The second-order valence-corrected chi connectivity index (χ2v) is 5.29. The lowest BCUT2D eigenvalue weighted by molar-refractivity contribution is -0.137. The smallest absolute Gasteiger partial charge is 0.303 e. The van der Waals surface area contributed by atoms with E-state index in [9.17, 15) is 9.59 Å². The predicted molar refractivity (Wildman–Crippen MR) is 81.0 cm³/mol. The minimum atomic E-state index is -0.761. The number of aryl methyl sites for hydroxylation is 1. The van der Waals surface area contributed by atoms with Crippen molar-refractivity contribution in [1.29, 1.82) is 0 Å². The van der Waals surface area contributed by atoms with Gasteiger partial charge in [-0.25, -0.2) is 0 Å². The van der Waals surface area contributed by atoms with Gasteiger partial charge in [-0.05, 0) is 37.3 Å². The molecule has 21 heavy (non-hydrogen) atoms. The number of amides is 1. The van der Waals surface area contributed by atoms with Crippen molar-refractivity contribution in [3.63, 3.8) is 0 Å². The highest BCUT2D eigenvalue weighted by Crippen LogP contribution is 2.14. The van der Waals surface area contributed by atoms with E-state index in [1.807, 2.05) is 26.0 Å². The summed E-state index contributed by atoms with van der Waals surface area (Å²) in [7, 11) is 0. The van der Waals surface area contributed by atoms with Crippen LogP contribution in [0.25, 0.3) is 0 Å². The molecule has 0 aliphatic heterocycles. The summed E-state index contributed by atoms with van der Waals surface area (Å²) in [5, 5.41) is 11.6. The number of nitrogens with one attached hydrogen (secondary N) is 1. The maximum Gasteiger partial charge on any atom is 0.303 e. The highest BCUT2D eigenvalue weighted by Gasteiger charge is 2.10. The molecular formula is C16H24N2O3. The van der Waals surface area contributed by atoms with Gasteiger partial charge in [-0.2, -0.15) is 0 Å². The molecule has 1 amide bonds. The molecule has 0 spiro atoms. The summed E-state index contributed by atoms with van der Waals surface area (Å²) in [5.74, 6) is -0.453. The fourth-order valence-corrected chi connectivity index (χ4v) is 2.21. The van der Waals surface area contributed by atoms with Crippen molar-refractivity contribution < 1.29 is 14.7 Å². The van der Waals surface area contributed by atoms with Crippen molar-refractivity contribution in [2.24, 2.45) is 5.92 Å². The Morgan fingerprint density at radius 2 is 2.14 bits per heavy atom. The van der Waals surface area contributed by atoms with E-state index in [0.717, 1.165) is 24.1 Å². The molecule has 1 heterocycles. The van der Waals surface area contributed by atoms with Crippen molar-refractivity contribution in [2.75, 3.05) is 6.54 Å². The van der Waals surface area contributed by atoms with Gasteiger partial charge in [0.25, 0.3) is 0 Å². The van der Waals surface area contributed by atoms with Crippen molar-refractivity contribution in [3.8, 4) is 0 Å². The summed E-state index contributed by atoms with van der Waals surface area (Å²) in [6.45, 7) is 4.57. The molecule has 1 rings (SSSR count). The highest BCUT2D eigenvalue weighted by molar-refractivity contribution is 5.78. The van der Waals surface area contributed by atoms with Crippen molar-refractivity contribution in [1.82, 2.24) is 10.3 Å². The minimum Gasteiger partial charge on any atom is -0.481 e. The van der Waals surface area contributed by atoms with Crippen LogP contribution in [0.15, 0.2) is 18.3 Å². The maximum atomic E-state index is 11.9. The van der Waals surface area contributed by atoms with Crippen LogP contribution in [-0.2, 0) is 16.0 Å². The maximum absolute atomic E-state index is 11.9. The van der Waals surface area contributed by atoms with Crippen molar-refractivity contribution in [2.45, 2.75) is 46.0 Å². The first kappa shape index (κ1) is 17.1. The van der Waals surface area contributed by atoms with E-state index < -0.39 is 5.97 Å². The molecule has 0 aliphatic rings. The summed E-state index contributed by atoms with van der Waals surface area (Å²) >= 11 is 0. The zero-order valence-electron chi connectivity index (χ0n) is 12.8. The van der Waals surface area contributed by atoms with Crippen molar-refractivity contribution >= 4 is 11.9 Å². The van der Waals surface area contributed by atoms with E-state index in [1.165, 1.54) is 0 Å². The lowest BCUT2D eigenvalue weighted by atomic mass is 9.96. The number of nitrogens with zero attached hydrogens (tertiary/aromatic N) is 1. The Labute approximate surface area is 125 Å². The van der Waals surface area contributed by atoms with Crippen LogP contribution in [0.1, 0.15) is 43.9 Å². The van der Waals surface area contributed by atoms with E-state index >= 15 is 0 Å². The number of aromatic nitrogens is 1. The minimum absolute atomic E-state index is 0.0371. The van der Waals surface area contributed by atoms with Gasteiger partial charge in [0, 0.05) is 19.2 Å². The Kier molecular flexibility index (Phi) is 7.43. The molecular weight excluding hydrogens is 268 g/mol. The average Bonchev–Trinajstić information content (AvgIpc) is 2.45. The van der Waals surface area contributed by atoms with Crippen LogP contribution in [0.4, 0.5) is 0 Å². The van der Waals surface area contributed by atoms with Crippen molar-refractivity contribution in [3.05, 3.63) is 29.6 Å². The Morgan fingerprint density at radius 3 is 2.76 bits per heavy atom. The summed E-state index contributed by atoms with van der Waals surface area (Å²) in [6.07, 6.45) is 4.59. The van der Waals surface area contributed by atoms with E-state index in [2.05, 4.69) is 10.3 Å². The first-order valence-electron chi connectivity index (χ1n) is 7.42. The zero-order valence-corrected chi connectivity index (χ0v) is 12.8. The molecule has 1 aromatic rings. The average molecular weight is 292 g/mol. The number of aliphatic carboxylic acids is 1. The van der Waals surface area contributed by atoms with Gasteiger partial charge in [-0.1, -0.05) is 19.4 Å². The van der Waals surface area contributed by atoms with Crippen LogP contribution < -0.4 is 5.32 Å². The fourth-order valence-electron chi connectivity index (χ4n) is 2.21. The quantitative estimate of drug-likeness (QED) is 0.732. The van der Waals surface area contributed by atoms with Crippen LogP contribution in [0.2, 0.25) is 0 Å². The van der Waals surface area contributed by atoms with Gasteiger partial charge in [-0.3, -0.25) is 14.6 Å². The van der Waals surface area contributed by atoms with Gasteiger partial charge in [0.15, 0.2) is 0 Å². The van der Waals surface area contributed by atoms with Gasteiger partial charge in [-0.15, -0.1) is 0 Å². The normalized spacial score (nSPS) is 11.9. The molecule has 0 fully saturated rings. The molecule has 2 N–H and O–H groups in total. The molecule has 0 aliphatic carbocycles. The Hall–Kier alpha value is -1.91.